The first kappa shape index (κ1) is 23.7. The van der Waals surface area contributed by atoms with Crippen LogP contribution in [0.5, 0.6) is 0 Å². The zero-order chi connectivity index (χ0) is 26.9. The Morgan fingerprint density at radius 3 is 2.15 bits per heavy atom. The molecule has 4 nitrogen and oxygen atoms in total. The van der Waals surface area contributed by atoms with Gasteiger partial charge in [0.15, 0.2) is 17.3 Å². The zero-order valence-electron chi connectivity index (χ0n) is 20.6. The van der Waals surface area contributed by atoms with Crippen molar-refractivity contribution in [2.75, 3.05) is 4.90 Å². The Morgan fingerprint density at radius 2 is 1.46 bits per heavy atom. The minimum absolute atomic E-state index is 0.283. The van der Waals surface area contributed by atoms with Gasteiger partial charge in [-0.1, -0.05) is 90.5 Å². The van der Waals surface area contributed by atoms with Gasteiger partial charge in [0.05, 0.1) is 11.1 Å². The van der Waals surface area contributed by atoms with Crippen LogP contribution in [-0.4, -0.2) is 29.4 Å². The second kappa shape index (κ2) is 8.58. The number of halogens is 2. The van der Waals surface area contributed by atoms with E-state index in [4.69, 9.17) is 11.6 Å². The Labute approximate surface area is 229 Å². The maximum Gasteiger partial charge on any atom is 0.187 e. The lowest BCUT2D eigenvalue weighted by Gasteiger charge is -2.37. The molecule has 1 unspecified atom stereocenters. The lowest BCUT2D eigenvalue weighted by molar-refractivity contribution is 0.0666. The first-order valence-electron chi connectivity index (χ1n) is 12.7. The molecular weight excluding hydrogens is 513 g/mol. The van der Waals surface area contributed by atoms with Crippen LogP contribution < -0.4 is 4.90 Å². The second-order valence-electron chi connectivity index (χ2n) is 10.2. The van der Waals surface area contributed by atoms with Crippen molar-refractivity contribution < 1.29 is 18.8 Å². The lowest BCUT2D eigenvalue weighted by atomic mass is 9.64. The molecule has 0 saturated carbocycles. The summed E-state index contributed by atoms with van der Waals surface area (Å²) in [6.07, 6.45) is 3.52. The highest BCUT2D eigenvalue weighted by Gasteiger charge is 2.71. The second-order valence-corrected chi connectivity index (χ2v) is 10.6. The first-order chi connectivity index (χ1) is 18.9. The van der Waals surface area contributed by atoms with E-state index in [0.29, 0.717) is 33.5 Å². The van der Waals surface area contributed by atoms with E-state index in [1.807, 2.05) is 35.2 Å². The fourth-order valence-electron chi connectivity index (χ4n) is 6.80. The van der Waals surface area contributed by atoms with Crippen molar-refractivity contribution in [2.24, 2.45) is 5.41 Å². The molecule has 6 heteroatoms. The average molecular weight is 534 g/mol. The highest BCUT2D eigenvalue weighted by Crippen LogP contribution is 2.61. The number of hydrogen-bond acceptors (Lipinski definition) is 4. The molecule has 0 aromatic heterocycles. The van der Waals surface area contributed by atoms with Crippen molar-refractivity contribution in [2.45, 2.75) is 18.0 Å². The van der Waals surface area contributed by atoms with Crippen LogP contribution >= 0.6 is 11.6 Å². The van der Waals surface area contributed by atoms with Gasteiger partial charge in [0.1, 0.15) is 17.3 Å². The fourth-order valence-corrected chi connectivity index (χ4v) is 7.03. The number of fused-ring (bicyclic) bond motifs is 5. The zero-order valence-corrected chi connectivity index (χ0v) is 21.3. The summed E-state index contributed by atoms with van der Waals surface area (Å²) in [7, 11) is 0. The minimum Gasteiger partial charge on any atom is -0.352 e. The van der Waals surface area contributed by atoms with Crippen LogP contribution in [-0.2, 0) is 0 Å². The molecule has 0 amide bonds. The Morgan fingerprint density at radius 1 is 0.821 bits per heavy atom. The van der Waals surface area contributed by atoms with E-state index in [1.54, 1.807) is 66.7 Å². The summed E-state index contributed by atoms with van der Waals surface area (Å²) in [4.78, 5) is 45.5. The number of nitrogens with zero attached hydrogens (tertiary/aromatic N) is 1. The van der Waals surface area contributed by atoms with Crippen LogP contribution in [0.2, 0.25) is 5.02 Å². The first-order valence-corrected chi connectivity index (χ1v) is 13.1. The molecule has 0 bridgehead atoms. The van der Waals surface area contributed by atoms with E-state index in [9.17, 15) is 18.8 Å². The van der Waals surface area contributed by atoms with Crippen LogP contribution in [0.4, 0.5) is 10.1 Å². The molecule has 2 heterocycles. The van der Waals surface area contributed by atoms with Gasteiger partial charge in [0.25, 0.3) is 0 Å². The van der Waals surface area contributed by atoms with Gasteiger partial charge in [0.2, 0.25) is 0 Å². The van der Waals surface area contributed by atoms with Gasteiger partial charge < -0.3 is 4.90 Å². The summed E-state index contributed by atoms with van der Waals surface area (Å²) >= 11 is 6.53. The Kier molecular flexibility index (Phi) is 5.23. The van der Waals surface area contributed by atoms with E-state index in [2.05, 4.69) is 0 Å². The van der Waals surface area contributed by atoms with Gasteiger partial charge in [-0.05, 0) is 35.9 Å². The van der Waals surface area contributed by atoms with Crippen LogP contribution in [0.15, 0.2) is 103 Å². The quantitative estimate of drug-likeness (QED) is 0.215. The number of Topliss-reactive ketones (excluding diaryl/α,β-unsaturated/α-hetero) is 3. The average Bonchev–Trinajstić information content (AvgIpc) is 3.39. The minimum atomic E-state index is -1.60. The number of rotatable bonds is 3. The maximum absolute atomic E-state index is 14.6. The third-order valence-corrected chi connectivity index (χ3v) is 8.66. The summed E-state index contributed by atoms with van der Waals surface area (Å²) in [5.74, 6) is -2.17. The molecule has 190 valence electrons. The van der Waals surface area contributed by atoms with Crippen molar-refractivity contribution >= 4 is 40.7 Å². The number of anilines is 1. The smallest absolute Gasteiger partial charge is 0.187 e. The van der Waals surface area contributed by atoms with Gasteiger partial charge in [0, 0.05) is 33.9 Å². The molecule has 3 atom stereocenters. The summed E-state index contributed by atoms with van der Waals surface area (Å²) in [6, 6.07) is 25.5. The monoisotopic (exact) mass is 533 g/mol. The van der Waals surface area contributed by atoms with E-state index >= 15 is 0 Å². The normalized spacial score (nSPS) is 22.1. The van der Waals surface area contributed by atoms with Gasteiger partial charge >= 0.3 is 0 Å². The van der Waals surface area contributed by atoms with Gasteiger partial charge in [-0.25, -0.2) is 4.39 Å². The third kappa shape index (κ3) is 3.14. The molecule has 2 aliphatic heterocycles. The standard InChI is InChI=1S/C33H21ClFNO3/c34-25-13-7-6-12-24(25)30(37)29-28(19-8-2-1-3-9-19)33(31(38)22-10-4-5-11-23(22)32(33)39)27-17-14-20-18-21(35)15-16-26(20)36(27)29/h1-18,27-29H/t27?,28-,29+/m0/s1. The van der Waals surface area contributed by atoms with Crippen LogP contribution in [0.3, 0.4) is 0 Å². The van der Waals surface area contributed by atoms with Gasteiger partial charge in [-0.2, -0.15) is 0 Å². The lowest BCUT2D eigenvalue weighted by Crippen LogP contribution is -2.48. The van der Waals surface area contributed by atoms with E-state index in [0.717, 1.165) is 0 Å². The number of carbonyl (C=O) groups is 3. The van der Waals surface area contributed by atoms with E-state index in [-0.39, 0.29) is 22.4 Å². The highest BCUT2D eigenvalue weighted by atomic mass is 35.5. The van der Waals surface area contributed by atoms with Crippen molar-refractivity contribution in [3.05, 3.63) is 142 Å². The predicted molar refractivity (Wildman–Crippen MR) is 148 cm³/mol. The summed E-state index contributed by atoms with van der Waals surface area (Å²) in [6.45, 7) is 0. The molecule has 7 rings (SSSR count). The maximum atomic E-state index is 14.6. The number of carbonyl (C=O) groups excluding carboxylic acids is 3. The molecule has 1 fully saturated rings. The molecule has 0 N–H and O–H groups in total. The molecule has 39 heavy (non-hydrogen) atoms. The number of benzene rings is 4. The summed E-state index contributed by atoms with van der Waals surface area (Å²) < 4.78 is 14.3. The van der Waals surface area contributed by atoms with E-state index in [1.165, 1.54) is 12.1 Å². The van der Waals surface area contributed by atoms with Crippen molar-refractivity contribution in [1.82, 2.24) is 0 Å². The molecular formula is C33H21ClFNO3. The molecule has 0 radical (unpaired) electrons. The van der Waals surface area contributed by atoms with E-state index < -0.39 is 29.2 Å². The largest absolute Gasteiger partial charge is 0.352 e. The van der Waals surface area contributed by atoms with Crippen LogP contribution in [0.1, 0.15) is 48.1 Å². The van der Waals surface area contributed by atoms with Gasteiger partial charge in [-0.3, -0.25) is 14.4 Å². The number of hydrogen-bond donors (Lipinski definition) is 0. The molecule has 1 aliphatic carbocycles. The topological polar surface area (TPSA) is 54.5 Å². The van der Waals surface area contributed by atoms with Crippen molar-refractivity contribution in [3.8, 4) is 0 Å². The molecule has 1 spiro atoms. The van der Waals surface area contributed by atoms with Gasteiger partial charge in [-0.15, -0.1) is 0 Å². The molecule has 3 aliphatic rings. The Hall–Kier alpha value is -4.35. The molecule has 1 saturated heterocycles. The fraction of sp³-hybridized carbons (Fsp3) is 0.121. The van der Waals surface area contributed by atoms with Crippen molar-refractivity contribution in [1.29, 1.82) is 0 Å². The van der Waals surface area contributed by atoms with Crippen LogP contribution in [0, 0.1) is 11.2 Å². The summed E-state index contributed by atoms with van der Waals surface area (Å²) in [5, 5.41) is 0.283. The number of ketones is 3. The molecule has 4 aromatic rings. The van der Waals surface area contributed by atoms with Crippen LogP contribution in [0.25, 0.3) is 6.08 Å². The highest BCUT2D eigenvalue weighted by molar-refractivity contribution is 6.35. The van der Waals surface area contributed by atoms with Crippen molar-refractivity contribution in [3.63, 3.8) is 0 Å². The Balaban J connectivity index is 1.56. The third-order valence-electron chi connectivity index (χ3n) is 8.33. The SMILES string of the molecule is O=C(c1ccccc1Cl)[C@H]1[C@H](c2ccccc2)C2(C(=O)c3ccccc3C2=O)C2C=Cc3cc(F)ccc3N21. The molecule has 4 aromatic carbocycles. The predicted octanol–water partition coefficient (Wildman–Crippen LogP) is 6.80. The Bertz CT molecular complexity index is 1700. The summed E-state index contributed by atoms with van der Waals surface area (Å²) in [5.41, 5.74) is 1.26.